The second kappa shape index (κ2) is 127. The number of hydrogen-bond acceptors (Lipinski definition) is 0. The fourth-order valence-corrected chi connectivity index (χ4v) is 0. The zero-order valence-electron chi connectivity index (χ0n) is 7.62. The Morgan fingerprint density at radius 2 is 0.143 bits per heavy atom. The third-order valence-corrected chi connectivity index (χ3v) is 0. The van der Waals surface area contributed by atoms with Gasteiger partial charge < -0.3 is 0 Å². The van der Waals surface area contributed by atoms with Crippen LogP contribution in [0, 0.1) is 0 Å². The first-order chi connectivity index (χ1) is 0. The molecule has 0 atom stereocenters. The molecule has 0 saturated heterocycles. The molecular weight excluding hydrogens is 993 g/mol. The third kappa shape index (κ3) is 109. The Balaban J connectivity index is 0. The van der Waals surface area contributed by atoms with E-state index in [0.717, 1.165) is 0 Å². The summed E-state index contributed by atoms with van der Waals surface area (Å²) in [6, 6.07) is 0. The second-order valence-electron chi connectivity index (χ2n) is 0. The molecule has 0 bridgehead atoms. The molecule has 0 rings (SSSR count). The van der Waals surface area contributed by atoms with E-state index >= 15 is 0 Å². The van der Waals surface area contributed by atoms with Gasteiger partial charge in [0.1, 0.15) is 0 Å². The Labute approximate surface area is 257 Å². The molecule has 0 aliphatic rings. The van der Waals surface area contributed by atoms with Crippen molar-refractivity contribution in [2.24, 2.45) is 0 Å². The summed E-state index contributed by atoms with van der Waals surface area (Å²) in [6.45, 7) is 0. The van der Waals surface area contributed by atoms with Gasteiger partial charge in [0.2, 0.25) is 0 Å². The van der Waals surface area contributed by atoms with Crippen LogP contribution in [0.4, 0.5) is 0 Å². The van der Waals surface area contributed by atoms with Gasteiger partial charge in [0.05, 0.1) is 0 Å². The van der Waals surface area contributed by atoms with Crippen molar-refractivity contribution in [2.75, 3.05) is 0 Å². The maximum Gasteiger partial charge on any atom is 0 e. The van der Waals surface area contributed by atoms with E-state index in [1.807, 2.05) is 0 Å². The van der Waals surface area contributed by atoms with Gasteiger partial charge in [-0.1, -0.05) is 0 Å². The van der Waals surface area contributed by atoms with Gasteiger partial charge in [-0.25, -0.2) is 0 Å². The molecule has 0 aromatic heterocycles. The monoisotopic (exact) mass is 995 g/mol. The van der Waals surface area contributed by atoms with Gasteiger partial charge in [-0.15, -0.1) is 0 Å². The summed E-state index contributed by atoms with van der Waals surface area (Å²) in [5.74, 6) is 0. The van der Waals surface area contributed by atoms with Gasteiger partial charge in [-0.2, -0.15) is 0 Å². The molecule has 48 radical (unpaired) electrons. The molecule has 14 heteroatoms. The molecule has 14 heavy (non-hydrogen) atoms. The molecule has 0 heterocycles. The molecular formula is Ga8Ge6. The van der Waals surface area contributed by atoms with Crippen molar-refractivity contribution in [1.29, 1.82) is 0 Å². The predicted octanol–water partition coefficient (Wildman–Crippen LogP) is -5.33. The Hall–Kier alpha value is 8.35. The van der Waals surface area contributed by atoms with Crippen LogP contribution in [0.5, 0.6) is 0 Å². The second-order valence-corrected chi connectivity index (χ2v) is 0. The normalized spacial score (nSPS) is 0. The maximum absolute atomic E-state index is 0. The van der Waals surface area contributed by atoms with Crippen LogP contribution < -0.4 is 0 Å². The molecule has 0 aliphatic heterocycles. The molecule has 0 saturated carbocycles. The van der Waals surface area contributed by atoms with Crippen molar-refractivity contribution in [3.05, 3.63) is 0 Å². The van der Waals surface area contributed by atoms with Crippen LogP contribution in [-0.4, -0.2) is 264 Å². The van der Waals surface area contributed by atoms with E-state index in [1.54, 1.807) is 0 Å². The van der Waals surface area contributed by atoms with E-state index in [0.29, 0.717) is 0 Å². The Morgan fingerprint density at radius 3 is 0.143 bits per heavy atom. The van der Waals surface area contributed by atoms with Crippen molar-refractivity contribution in [3.63, 3.8) is 0 Å². The van der Waals surface area contributed by atoms with E-state index in [1.165, 1.54) is 0 Å². The fraction of sp³-hybridized carbons (Fsp3) is 0. The van der Waals surface area contributed by atoms with Gasteiger partial charge in [-0.3, -0.25) is 0 Å². The van der Waals surface area contributed by atoms with Gasteiger partial charge in [-0.05, 0) is 0 Å². The summed E-state index contributed by atoms with van der Waals surface area (Å²) >= 11 is 0. The summed E-state index contributed by atoms with van der Waals surface area (Å²) < 4.78 is 0. The Morgan fingerprint density at radius 1 is 0.143 bits per heavy atom. The molecule has 48 valence electrons. The van der Waals surface area contributed by atoms with E-state index in [4.69, 9.17) is 0 Å². The number of hydrogen-bond donors (Lipinski definition) is 0. The number of rotatable bonds is 0. The van der Waals surface area contributed by atoms with Crippen molar-refractivity contribution >= 4 is 264 Å². The topological polar surface area (TPSA) is 0 Å². The van der Waals surface area contributed by atoms with Gasteiger partial charge in [0, 0.05) is 264 Å². The first-order valence-corrected chi connectivity index (χ1v) is 0. The Kier molecular flexibility index (Phi) is 1320. The molecule has 0 nitrogen and oxygen atoms in total. The van der Waals surface area contributed by atoms with Crippen molar-refractivity contribution in [1.82, 2.24) is 0 Å². The van der Waals surface area contributed by atoms with E-state index in [-0.39, 0.29) is 264 Å². The van der Waals surface area contributed by atoms with Crippen LogP contribution >= 0.6 is 0 Å². The molecule has 0 spiro atoms. The fourth-order valence-electron chi connectivity index (χ4n) is 0. The van der Waals surface area contributed by atoms with Crippen LogP contribution in [0.1, 0.15) is 0 Å². The van der Waals surface area contributed by atoms with Crippen molar-refractivity contribution in [3.8, 4) is 0 Å². The molecule has 0 amide bonds. The largest absolute Gasteiger partial charge is 0 e. The van der Waals surface area contributed by atoms with E-state index < -0.39 is 0 Å². The van der Waals surface area contributed by atoms with Crippen LogP contribution in [0.25, 0.3) is 0 Å². The minimum absolute atomic E-state index is 0. The first-order valence-electron chi connectivity index (χ1n) is 0. The average molecular weight is 993 g/mol. The predicted molar refractivity (Wildman–Crippen MR) is 80.6 cm³/mol. The molecule has 0 aliphatic carbocycles. The van der Waals surface area contributed by atoms with E-state index in [2.05, 4.69) is 0 Å². The SMILES string of the molecule is [Ga].[Ga].[Ga].[Ga].[Ga].[Ga].[Ga].[Ga].[Ge].[Ge].[Ge].[Ge].[Ge].[Ge]. The third-order valence-electron chi connectivity index (χ3n) is 0. The van der Waals surface area contributed by atoms with Crippen molar-refractivity contribution in [2.45, 2.75) is 0 Å². The zero-order valence-corrected chi connectivity index (χ0v) is 39.6. The minimum Gasteiger partial charge on any atom is 0 e. The molecule has 0 fully saturated rings. The maximum atomic E-state index is 0. The minimum atomic E-state index is 0. The van der Waals surface area contributed by atoms with Crippen LogP contribution in [0.15, 0.2) is 0 Å². The van der Waals surface area contributed by atoms with E-state index in [9.17, 15) is 0 Å². The summed E-state index contributed by atoms with van der Waals surface area (Å²) in [5, 5.41) is 0. The molecule has 0 aromatic carbocycles. The smallest absolute Gasteiger partial charge is 0 e. The van der Waals surface area contributed by atoms with Crippen LogP contribution in [-0.2, 0) is 0 Å². The summed E-state index contributed by atoms with van der Waals surface area (Å²) in [4.78, 5) is 0. The van der Waals surface area contributed by atoms with Gasteiger partial charge in [0.25, 0.3) is 0 Å². The molecule has 0 unspecified atom stereocenters. The Bertz CT molecular complexity index is 13.8. The van der Waals surface area contributed by atoms with Crippen LogP contribution in [0.2, 0.25) is 0 Å². The molecule has 0 aromatic rings. The standard InChI is InChI=1S/8Ga.6Ge. The average Bonchev–Trinajstić information content (AvgIpc) is 0. The van der Waals surface area contributed by atoms with Crippen molar-refractivity contribution < 1.29 is 0 Å². The zero-order chi connectivity index (χ0) is 0. The molecule has 0 N–H and O–H groups in total. The van der Waals surface area contributed by atoms with Gasteiger partial charge >= 0.3 is 0 Å². The first kappa shape index (κ1) is 146. The summed E-state index contributed by atoms with van der Waals surface area (Å²) in [7, 11) is 0. The summed E-state index contributed by atoms with van der Waals surface area (Å²) in [6.07, 6.45) is 0. The van der Waals surface area contributed by atoms with Gasteiger partial charge in [0.15, 0.2) is 0 Å². The van der Waals surface area contributed by atoms with Crippen LogP contribution in [0.3, 0.4) is 0 Å². The quantitative estimate of drug-likeness (QED) is 0.213. The summed E-state index contributed by atoms with van der Waals surface area (Å²) in [5.41, 5.74) is 0.